The molecule has 22 heavy (non-hydrogen) atoms. The van der Waals surface area contributed by atoms with E-state index in [0.717, 1.165) is 31.8 Å². The highest BCUT2D eigenvalue weighted by atomic mass is 16.3. The van der Waals surface area contributed by atoms with Gasteiger partial charge in [0.15, 0.2) is 0 Å². The third-order valence-corrected chi connectivity index (χ3v) is 4.60. The molecule has 2 N–H and O–H groups in total. The molecule has 1 unspecified atom stereocenters. The molecule has 0 bridgehead atoms. The number of aliphatic hydroxyl groups excluding tert-OH is 1. The Hall–Kier alpha value is -0.570. The van der Waals surface area contributed by atoms with Crippen LogP contribution in [-0.4, -0.2) is 30.1 Å². The van der Waals surface area contributed by atoms with Gasteiger partial charge in [0.1, 0.15) is 11.9 Å². The van der Waals surface area contributed by atoms with Crippen molar-refractivity contribution in [3.63, 3.8) is 0 Å². The van der Waals surface area contributed by atoms with E-state index in [4.69, 9.17) is 0 Å². The van der Waals surface area contributed by atoms with Crippen LogP contribution in [0.2, 0.25) is 0 Å². The highest BCUT2D eigenvalue weighted by molar-refractivity contribution is 5.87. The van der Waals surface area contributed by atoms with Crippen LogP contribution in [0.5, 0.6) is 0 Å². The third-order valence-electron chi connectivity index (χ3n) is 4.60. The van der Waals surface area contributed by atoms with Crippen LogP contribution < -0.4 is 5.32 Å². The third kappa shape index (κ3) is 10.2. The summed E-state index contributed by atoms with van der Waals surface area (Å²) >= 11 is 0. The summed E-state index contributed by atoms with van der Waals surface area (Å²) in [5.74, 6) is 0.818. The van der Waals surface area contributed by atoms with Gasteiger partial charge in [-0.1, -0.05) is 90.4 Å². The van der Waals surface area contributed by atoms with Crippen LogP contribution in [0.1, 0.15) is 96.8 Å². The minimum Gasteiger partial charge on any atom is -0.385 e. The molecule has 0 spiro atoms. The molecular formula is C19H38N2O. The van der Waals surface area contributed by atoms with Gasteiger partial charge in [0.2, 0.25) is 0 Å². The summed E-state index contributed by atoms with van der Waals surface area (Å²) in [6.45, 7) is 4.00. The molecule has 1 rings (SSSR count). The number of nitrogens with zero attached hydrogens (tertiary/aromatic N) is 1. The van der Waals surface area contributed by atoms with E-state index in [0.29, 0.717) is 0 Å². The first-order valence-electron chi connectivity index (χ1n) is 9.81. The van der Waals surface area contributed by atoms with E-state index >= 15 is 0 Å². The molecule has 0 saturated heterocycles. The highest BCUT2D eigenvalue weighted by Crippen LogP contribution is 2.13. The zero-order valence-electron chi connectivity index (χ0n) is 14.8. The maximum Gasteiger partial charge on any atom is 0.126 e. The highest BCUT2D eigenvalue weighted by Gasteiger charge is 2.14. The summed E-state index contributed by atoms with van der Waals surface area (Å²) in [6.07, 6.45) is 18.3. The summed E-state index contributed by atoms with van der Waals surface area (Å²) in [5, 5.41) is 13.1. The fourth-order valence-corrected chi connectivity index (χ4v) is 3.13. The monoisotopic (exact) mass is 310 g/mol. The maximum absolute atomic E-state index is 9.93. The van der Waals surface area contributed by atoms with Crippen LogP contribution in [0.4, 0.5) is 0 Å². The smallest absolute Gasteiger partial charge is 0.126 e. The Morgan fingerprint density at radius 1 is 0.864 bits per heavy atom. The lowest BCUT2D eigenvalue weighted by Crippen LogP contribution is -2.31. The molecule has 0 aromatic carbocycles. The molecule has 0 saturated carbocycles. The van der Waals surface area contributed by atoms with Crippen molar-refractivity contribution >= 4 is 5.84 Å². The first-order chi connectivity index (χ1) is 10.8. The molecular weight excluding hydrogens is 272 g/mol. The van der Waals surface area contributed by atoms with Gasteiger partial charge in [0.25, 0.3) is 0 Å². The minimum atomic E-state index is -0.352. The first-order valence-corrected chi connectivity index (χ1v) is 9.81. The Kier molecular flexibility index (Phi) is 12.4. The van der Waals surface area contributed by atoms with Crippen molar-refractivity contribution < 1.29 is 5.11 Å². The van der Waals surface area contributed by atoms with Crippen molar-refractivity contribution in [1.82, 2.24) is 5.32 Å². The quantitative estimate of drug-likeness (QED) is 0.425. The number of hydrogen-bond acceptors (Lipinski definition) is 3. The van der Waals surface area contributed by atoms with E-state index in [1.165, 1.54) is 77.0 Å². The lowest BCUT2D eigenvalue weighted by atomic mass is 10.0. The molecule has 0 radical (unpaired) electrons. The van der Waals surface area contributed by atoms with Crippen molar-refractivity contribution in [2.75, 3.05) is 13.1 Å². The van der Waals surface area contributed by atoms with E-state index in [-0.39, 0.29) is 6.10 Å². The fraction of sp³-hybridized carbons (Fsp3) is 0.947. The Morgan fingerprint density at radius 3 is 1.82 bits per heavy atom. The van der Waals surface area contributed by atoms with Gasteiger partial charge in [-0.05, 0) is 6.42 Å². The average molecular weight is 311 g/mol. The summed E-state index contributed by atoms with van der Waals surface area (Å²) < 4.78 is 0. The number of rotatable bonds is 15. The van der Waals surface area contributed by atoms with E-state index in [1.54, 1.807) is 0 Å². The second-order valence-corrected chi connectivity index (χ2v) is 6.74. The van der Waals surface area contributed by atoms with Crippen molar-refractivity contribution in [2.45, 2.75) is 103 Å². The van der Waals surface area contributed by atoms with Crippen molar-refractivity contribution in [3.05, 3.63) is 0 Å². The topological polar surface area (TPSA) is 44.6 Å². The number of unbranched alkanes of at least 4 members (excludes halogenated alkanes) is 12. The lowest BCUT2D eigenvalue weighted by molar-refractivity contribution is 0.223. The largest absolute Gasteiger partial charge is 0.385 e. The Bertz CT molecular complexity index is 279. The Morgan fingerprint density at radius 2 is 1.36 bits per heavy atom. The van der Waals surface area contributed by atoms with Gasteiger partial charge >= 0.3 is 0 Å². The van der Waals surface area contributed by atoms with Gasteiger partial charge in [0, 0.05) is 6.54 Å². The molecule has 1 aliphatic heterocycles. The average Bonchev–Trinajstić information content (AvgIpc) is 3.06. The van der Waals surface area contributed by atoms with Crippen LogP contribution in [0.25, 0.3) is 0 Å². The molecule has 0 fully saturated rings. The van der Waals surface area contributed by atoms with Gasteiger partial charge in [-0.3, -0.25) is 4.99 Å². The second kappa shape index (κ2) is 14.0. The molecule has 0 aromatic heterocycles. The zero-order chi connectivity index (χ0) is 15.9. The van der Waals surface area contributed by atoms with Gasteiger partial charge < -0.3 is 10.4 Å². The summed E-state index contributed by atoms with van der Waals surface area (Å²) in [6, 6.07) is 0. The lowest BCUT2D eigenvalue weighted by Gasteiger charge is -2.10. The van der Waals surface area contributed by atoms with Crippen molar-refractivity contribution in [1.29, 1.82) is 0 Å². The van der Waals surface area contributed by atoms with Gasteiger partial charge in [-0.15, -0.1) is 0 Å². The van der Waals surface area contributed by atoms with Crippen molar-refractivity contribution in [3.8, 4) is 0 Å². The second-order valence-electron chi connectivity index (χ2n) is 6.74. The molecule has 0 amide bonds. The molecule has 1 aliphatic rings. The number of hydrogen-bond donors (Lipinski definition) is 2. The minimum absolute atomic E-state index is 0.352. The van der Waals surface area contributed by atoms with E-state index in [2.05, 4.69) is 17.2 Å². The van der Waals surface area contributed by atoms with Crippen LogP contribution >= 0.6 is 0 Å². The van der Waals surface area contributed by atoms with Crippen LogP contribution in [0, 0.1) is 0 Å². The number of aliphatic hydroxyl groups is 1. The molecule has 3 heteroatoms. The summed E-state index contributed by atoms with van der Waals surface area (Å²) in [4.78, 5) is 4.27. The van der Waals surface area contributed by atoms with Gasteiger partial charge in [-0.2, -0.15) is 0 Å². The predicted octanol–water partition coefficient (Wildman–Crippen LogP) is 4.83. The van der Waals surface area contributed by atoms with E-state index < -0.39 is 0 Å². The Labute approximate surface area is 138 Å². The number of aliphatic imine (C=N–C) groups is 1. The summed E-state index contributed by atoms with van der Waals surface area (Å²) in [7, 11) is 0. The van der Waals surface area contributed by atoms with Crippen LogP contribution in [0.15, 0.2) is 4.99 Å². The van der Waals surface area contributed by atoms with E-state index in [9.17, 15) is 5.11 Å². The molecule has 1 atom stereocenters. The van der Waals surface area contributed by atoms with Crippen molar-refractivity contribution in [2.24, 2.45) is 4.99 Å². The van der Waals surface area contributed by atoms with Gasteiger partial charge in [-0.25, -0.2) is 0 Å². The standard InChI is InChI=1S/C19H38N2O/c1-2-3-4-5-6-7-8-9-10-11-12-13-14-15-18(22)19-20-16-17-21-19/h18,22H,2-17H2,1H3,(H,20,21). The van der Waals surface area contributed by atoms with Gasteiger partial charge in [0.05, 0.1) is 6.54 Å². The van der Waals surface area contributed by atoms with E-state index in [1.807, 2.05) is 0 Å². The normalized spacial score (nSPS) is 15.6. The van der Waals surface area contributed by atoms with Crippen LogP contribution in [-0.2, 0) is 0 Å². The molecule has 130 valence electrons. The molecule has 3 nitrogen and oxygen atoms in total. The molecule has 1 heterocycles. The maximum atomic E-state index is 9.93. The summed E-state index contributed by atoms with van der Waals surface area (Å²) in [5.41, 5.74) is 0. The molecule has 0 aromatic rings. The zero-order valence-corrected chi connectivity index (χ0v) is 14.8. The molecule has 0 aliphatic carbocycles. The number of nitrogens with one attached hydrogen (secondary N) is 1. The number of amidine groups is 1. The van der Waals surface area contributed by atoms with Crippen LogP contribution in [0.3, 0.4) is 0 Å². The fourth-order valence-electron chi connectivity index (χ4n) is 3.13. The first kappa shape index (κ1) is 19.5. The Balaban J connectivity index is 1.74. The SMILES string of the molecule is CCCCCCCCCCCCCCCC(O)C1=NCCN1. The predicted molar refractivity (Wildman–Crippen MR) is 96.6 cm³/mol.